The normalized spacial score (nSPS) is 10.6. The van der Waals surface area contributed by atoms with Crippen LogP contribution in [0.2, 0.25) is 0 Å². The standard InChI is InChI=1S/C22H25NO6/c1-4-5-15-6-9-18(20(12-15)28-3)29-14-21(24)23-11-10-16-7-8-17(22(25)26)13-19(16)27-2/h4-9,12-13H,10-11,14H2,1-3H3,(H,23,24)(H,25,26)/b5-4+. The molecule has 0 aliphatic heterocycles. The smallest absolute Gasteiger partial charge is 0.335 e. The Balaban J connectivity index is 1.87. The summed E-state index contributed by atoms with van der Waals surface area (Å²) in [5.41, 5.74) is 1.93. The fourth-order valence-corrected chi connectivity index (χ4v) is 2.71. The van der Waals surface area contributed by atoms with E-state index < -0.39 is 5.97 Å². The van der Waals surface area contributed by atoms with Crippen molar-refractivity contribution in [3.63, 3.8) is 0 Å². The molecular weight excluding hydrogens is 374 g/mol. The summed E-state index contributed by atoms with van der Waals surface area (Å²) in [5, 5.41) is 11.8. The topological polar surface area (TPSA) is 94.1 Å². The van der Waals surface area contributed by atoms with Crippen molar-refractivity contribution in [3.8, 4) is 17.2 Å². The number of aromatic carboxylic acids is 1. The lowest BCUT2D eigenvalue weighted by Crippen LogP contribution is -2.30. The number of nitrogens with one attached hydrogen (secondary N) is 1. The number of carbonyl (C=O) groups is 2. The van der Waals surface area contributed by atoms with Crippen molar-refractivity contribution < 1.29 is 28.9 Å². The van der Waals surface area contributed by atoms with Crippen LogP contribution >= 0.6 is 0 Å². The van der Waals surface area contributed by atoms with E-state index >= 15 is 0 Å². The van der Waals surface area contributed by atoms with Gasteiger partial charge in [-0.3, -0.25) is 4.79 Å². The predicted molar refractivity (Wildman–Crippen MR) is 110 cm³/mol. The van der Waals surface area contributed by atoms with E-state index in [2.05, 4.69) is 5.32 Å². The number of carboxylic acid groups (broad SMARTS) is 1. The van der Waals surface area contributed by atoms with Crippen LogP contribution in [0.3, 0.4) is 0 Å². The molecule has 7 nitrogen and oxygen atoms in total. The van der Waals surface area contributed by atoms with Gasteiger partial charge in [0.15, 0.2) is 18.1 Å². The molecule has 0 unspecified atom stereocenters. The molecule has 0 fully saturated rings. The Kier molecular flexibility index (Phi) is 8.09. The van der Waals surface area contributed by atoms with Crippen LogP contribution in [-0.4, -0.2) is 44.4 Å². The molecule has 0 aliphatic rings. The van der Waals surface area contributed by atoms with E-state index in [1.165, 1.54) is 19.2 Å². The number of amides is 1. The Hall–Kier alpha value is -3.48. The van der Waals surface area contributed by atoms with E-state index in [0.29, 0.717) is 30.2 Å². The van der Waals surface area contributed by atoms with Crippen molar-refractivity contribution in [2.45, 2.75) is 13.3 Å². The molecule has 2 rings (SSSR count). The Bertz CT molecular complexity index is 891. The van der Waals surface area contributed by atoms with Gasteiger partial charge in [0.2, 0.25) is 0 Å². The van der Waals surface area contributed by atoms with Crippen molar-refractivity contribution in [3.05, 3.63) is 59.2 Å². The van der Waals surface area contributed by atoms with Crippen LogP contribution in [-0.2, 0) is 11.2 Å². The quantitative estimate of drug-likeness (QED) is 0.637. The van der Waals surface area contributed by atoms with Gasteiger partial charge in [-0.25, -0.2) is 4.79 Å². The molecule has 0 heterocycles. The summed E-state index contributed by atoms with van der Waals surface area (Å²) < 4.78 is 16.1. The van der Waals surface area contributed by atoms with Gasteiger partial charge in [0.1, 0.15) is 5.75 Å². The highest BCUT2D eigenvalue weighted by Crippen LogP contribution is 2.28. The molecule has 0 radical (unpaired) electrons. The van der Waals surface area contributed by atoms with Gasteiger partial charge in [-0.05, 0) is 48.7 Å². The molecule has 0 spiro atoms. The first-order valence-corrected chi connectivity index (χ1v) is 9.09. The number of carboxylic acids is 1. The molecule has 0 saturated carbocycles. The molecule has 2 aromatic rings. The third kappa shape index (κ3) is 6.27. The summed E-state index contributed by atoms with van der Waals surface area (Å²) in [6.45, 7) is 2.15. The molecule has 1 amide bonds. The predicted octanol–water partition coefficient (Wildman–Crippen LogP) is 3.17. The second-order valence-electron chi connectivity index (χ2n) is 6.13. The van der Waals surface area contributed by atoms with Crippen LogP contribution in [0.15, 0.2) is 42.5 Å². The summed E-state index contributed by atoms with van der Waals surface area (Å²) in [5.74, 6) is 0.222. The summed E-state index contributed by atoms with van der Waals surface area (Å²) >= 11 is 0. The van der Waals surface area contributed by atoms with Gasteiger partial charge >= 0.3 is 5.97 Å². The fraction of sp³-hybridized carbons (Fsp3) is 0.273. The zero-order valence-corrected chi connectivity index (χ0v) is 16.7. The molecule has 29 heavy (non-hydrogen) atoms. The molecule has 2 aromatic carbocycles. The van der Waals surface area contributed by atoms with Gasteiger partial charge in [-0.2, -0.15) is 0 Å². The lowest BCUT2D eigenvalue weighted by molar-refractivity contribution is -0.123. The lowest BCUT2D eigenvalue weighted by Gasteiger charge is -2.12. The molecule has 0 aromatic heterocycles. The fourth-order valence-electron chi connectivity index (χ4n) is 2.71. The van der Waals surface area contributed by atoms with Crippen LogP contribution in [0.1, 0.15) is 28.4 Å². The first-order valence-electron chi connectivity index (χ1n) is 9.09. The van der Waals surface area contributed by atoms with Crippen molar-refractivity contribution in [1.82, 2.24) is 5.32 Å². The molecule has 154 valence electrons. The van der Waals surface area contributed by atoms with E-state index in [9.17, 15) is 9.59 Å². The minimum absolute atomic E-state index is 0.144. The molecule has 0 bridgehead atoms. The zero-order chi connectivity index (χ0) is 21.2. The van der Waals surface area contributed by atoms with Crippen molar-refractivity contribution >= 4 is 18.0 Å². The highest BCUT2D eigenvalue weighted by atomic mass is 16.5. The van der Waals surface area contributed by atoms with E-state index in [-0.39, 0.29) is 18.1 Å². The third-order valence-corrected chi connectivity index (χ3v) is 4.16. The Morgan fingerprint density at radius 1 is 1.03 bits per heavy atom. The molecule has 0 aliphatic carbocycles. The van der Waals surface area contributed by atoms with Gasteiger partial charge in [0.25, 0.3) is 5.91 Å². The second kappa shape index (κ2) is 10.8. The first kappa shape index (κ1) is 21.8. The van der Waals surface area contributed by atoms with E-state index in [1.807, 2.05) is 31.2 Å². The van der Waals surface area contributed by atoms with E-state index in [4.69, 9.17) is 19.3 Å². The zero-order valence-electron chi connectivity index (χ0n) is 16.7. The van der Waals surface area contributed by atoms with Gasteiger partial charge in [-0.1, -0.05) is 24.3 Å². The van der Waals surface area contributed by atoms with Gasteiger partial charge in [0.05, 0.1) is 19.8 Å². The van der Waals surface area contributed by atoms with Gasteiger partial charge < -0.3 is 24.6 Å². The maximum Gasteiger partial charge on any atom is 0.335 e. The largest absolute Gasteiger partial charge is 0.496 e. The van der Waals surface area contributed by atoms with Crippen molar-refractivity contribution in [2.75, 3.05) is 27.4 Å². The summed E-state index contributed by atoms with van der Waals surface area (Å²) in [4.78, 5) is 23.1. The molecular formula is C22H25NO6. The van der Waals surface area contributed by atoms with Crippen LogP contribution < -0.4 is 19.5 Å². The Morgan fingerprint density at radius 2 is 1.79 bits per heavy atom. The van der Waals surface area contributed by atoms with Gasteiger partial charge in [-0.15, -0.1) is 0 Å². The van der Waals surface area contributed by atoms with Crippen LogP contribution in [0.5, 0.6) is 17.2 Å². The average molecular weight is 399 g/mol. The highest BCUT2D eigenvalue weighted by Gasteiger charge is 2.11. The number of benzene rings is 2. The van der Waals surface area contributed by atoms with Gasteiger partial charge in [0, 0.05) is 6.54 Å². The molecule has 2 N–H and O–H groups in total. The molecule has 7 heteroatoms. The summed E-state index contributed by atoms with van der Waals surface area (Å²) in [6, 6.07) is 10.1. The van der Waals surface area contributed by atoms with E-state index in [1.54, 1.807) is 19.2 Å². The van der Waals surface area contributed by atoms with Crippen LogP contribution in [0, 0.1) is 0 Å². The molecule has 0 atom stereocenters. The number of methoxy groups -OCH3 is 2. The SMILES string of the molecule is C/C=C/c1ccc(OCC(=O)NCCc2ccc(C(=O)O)cc2OC)c(OC)c1. The minimum atomic E-state index is -1.02. The van der Waals surface area contributed by atoms with Crippen molar-refractivity contribution in [1.29, 1.82) is 0 Å². The number of carbonyl (C=O) groups excluding carboxylic acids is 1. The van der Waals surface area contributed by atoms with Crippen LogP contribution in [0.4, 0.5) is 0 Å². The van der Waals surface area contributed by atoms with Crippen LogP contribution in [0.25, 0.3) is 6.08 Å². The Labute approximate surface area is 169 Å². The number of allylic oxidation sites excluding steroid dienone is 1. The number of rotatable bonds is 10. The number of ether oxygens (including phenoxy) is 3. The number of hydrogen-bond acceptors (Lipinski definition) is 5. The monoisotopic (exact) mass is 399 g/mol. The first-order chi connectivity index (χ1) is 14.0. The molecule has 0 saturated heterocycles. The van der Waals surface area contributed by atoms with Crippen molar-refractivity contribution in [2.24, 2.45) is 0 Å². The lowest BCUT2D eigenvalue weighted by atomic mass is 10.1. The summed E-state index contributed by atoms with van der Waals surface area (Å²) in [7, 11) is 3.02. The third-order valence-electron chi connectivity index (χ3n) is 4.16. The number of hydrogen-bond donors (Lipinski definition) is 2. The maximum atomic E-state index is 12.1. The highest BCUT2D eigenvalue weighted by molar-refractivity contribution is 5.88. The summed E-state index contributed by atoms with van der Waals surface area (Å²) in [6.07, 6.45) is 4.36. The maximum absolute atomic E-state index is 12.1. The van der Waals surface area contributed by atoms with E-state index in [0.717, 1.165) is 11.1 Å². The average Bonchev–Trinajstić information content (AvgIpc) is 2.72. The minimum Gasteiger partial charge on any atom is -0.496 e. The second-order valence-corrected chi connectivity index (χ2v) is 6.13. The Morgan fingerprint density at radius 3 is 2.45 bits per heavy atom.